The van der Waals surface area contributed by atoms with Crippen molar-refractivity contribution in [3.05, 3.63) is 65.7 Å². The number of methoxy groups -OCH3 is 1. The summed E-state index contributed by atoms with van der Waals surface area (Å²) in [6, 6.07) is 17.6. The Morgan fingerprint density at radius 3 is 2.31 bits per heavy atom. The Labute approximate surface area is 172 Å². The Balaban J connectivity index is 1.52. The molecule has 0 aromatic heterocycles. The van der Waals surface area contributed by atoms with Gasteiger partial charge in [0, 0.05) is 12.5 Å². The predicted molar refractivity (Wildman–Crippen MR) is 112 cm³/mol. The lowest BCUT2D eigenvalue weighted by molar-refractivity contribution is -0.917. The predicted octanol–water partition coefficient (Wildman–Crippen LogP) is 1.19. The highest BCUT2D eigenvalue weighted by atomic mass is 16.5. The van der Waals surface area contributed by atoms with Crippen LogP contribution in [-0.4, -0.2) is 50.0 Å². The zero-order chi connectivity index (χ0) is 20.6. The molecule has 0 aliphatic carbocycles. The number of amides is 2. The van der Waals surface area contributed by atoms with Crippen LogP contribution in [0.15, 0.2) is 54.6 Å². The molecule has 1 heterocycles. The van der Waals surface area contributed by atoms with Gasteiger partial charge < -0.3 is 19.9 Å². The highest BCUT2D eigenvalue weighted by molar-refractivity contribution is 5.79. The molecule has 1 fully saturated rings. The quantitative estimate of drug-likeness (QED) is 0.739. The number of rotatable bonds is 7. The number of quaternary nitrogens is 1. The summed E-state index contributed by atoms with van der Waals surface area (Å²) in [6.45, 7) is 5.77. The Morgan fingerprint density at radius 1 is 1.07 bits per heavy atom. The highest BCUT2D eigenvalue weighted by Crippen LogP contribution is 2.18. The van der Waals surface area contributed by atoms with Crippen molar-refractivity contribution in [1.82, 2.24) is 10.2 Å². The van der Waals surface area contributed by atoms with Crippen LogP contribution in [0, 0.1) is 0 Å². The van der Waals surface area contributed by atoms with Gasteiger partial charge in [-0.1, -0.05) is 30.3 Å². The van der Waals surface area contributed by atoms with Crippen LogP contribution < -0.4 is 15.0 Å². The standard InChI is InChI=1S/C23H29N3O3/c1-18(27)24-22(20-6-4-3-5-7-20)16-23(28)26-14-12-25(13-15-26)17-19-8-10-21(29-2)11-9-19/h3-11,22H,12-17H2,1-2H3,(H,24,27)/p+1/t22-/m0/s1. The molecule has 1 aliphatic rings. The zero-order valence-electron chi connectivity index (χ0n) is 17.2. The lowest BCUT2D eigenvalue weighted by Crippen LogP contribution is -3.13. The molecule has 0 radical (unpaired) electrons. The smallest absolute Gasteiger partial charge is 0.225 e. The molecule has 6 nitrogen and oxygen atoms in total. The summed E-state index contributed by atoms with van der Waals surface area (Å²) in [6.07, 6.45) is 0.289. The number of nitrogens with zero attached hydrogens (tertiary/aromatic N) is 1. The summed E-state index contributed by atoms with van der Waals surface area (Å²) in [5.74, 6) is 0.836. The average Bonchev–Trinajstić information content (AvgIpc) is 2.74. The minimum atomic E-state index is -0.286. The number of carbonyl (C=O) groups is 2. The molecule has 0 spiro atoms. The van der Waals surface area contributed by atoms with E-state index in [1.165, 1.54) is 17.4 Å². The van der Waals surface area contributed by atoms with E-state index in [0.29, 0.717) is 0 Å². The van der Waals surface area contributed by atoms with E-state index in [4.69, 9.17) is 4.74 Å². The molecule has 2 aromatic carbocycles. The molecule has 1 atom stereocenters. The monoisotopic (exact) mass is 396 g/mol. The largest absolute Gasteiger partial charge is 0.497 e. The molecular formula is C23H30N3O3+. The van der Waals surface area contributed by atoms with Crippen LogP contribution in [0.3, 0.4) is 0 Å². The molecule has 0 bridgehead atoms. The first kappa shape index (κ1) is 20.9. The van der Waals surface area contributed by atoms with Crippen LogP contribution in [0.4, 0.5) is 0 Å². The zero-order valence-corrected chi connectivity index (χ0v) is 17.2. The van der Waals surface area contributed by atoms with E-state index < -0.39 is 0 Å². The fraction of sp³-hybridized carbons (Fsp3) is 0.391. The third-order valence-electron chi connectivity index (χ3n) is 5.39. The number of hydrogen-bond donors (Lipinski definition) is 2. The highest BCUT2D eigenvalue weighted by Gasteiger charge is 2.26. The second kappa shape index (κ2) is 10.1. The Bertz CT molecular complexity index is 800. The molecular weight excluding hydrogens is 366 g/mol. The summed E-state index contributed by atoms with van der Waals surface area (Å²) in [7, 11) is 1.67. The first-order valence-electron chi connectivity index (χ1n) is 10.1. The maximum atomic E-state index is 12.9. The van der Waals surface area contributed by atoms with Crippen molar-refractivity contribution in [2.45, 2.75) is 25.9 Å². The lowest BCUT2D eigenvalue weighted by Gasteiger charge is -2.33. The van der Waals surface area contributed by atoms with E-state index >= 15 is 0 Å². The number of piperazine rings is 1. The fourth-order valence-electron chi connectivity index (χ4n) is 3.77. The number of nitrogens with one attached hydrogen (secondary N) is 2. The maximum Gasteiger partial charge on any atom is 0.225 e. The molecule has 6 heteroatoms. The van der Waals surface area contributed by atoms with Crippen LogP contribution in [0.1, 0.15) is 30.5 Å². The van der Waals surface area contributed by atoms with Crippen molar-refractivity contribution in [3.8, 4) is 5.75 Å². The van der Waals surface area contributed by atoms with Gasteiger partial charge in [-0.25, -0.2) is 0 Å². The van der Waals surface area contributed by atoms with Crippen molar-refractivity contribution in [3.63, 3.8) is 0 Å². The van der Waals surface area contributed by atoms with Gasteiger partial charge in [-0.2, -0.15) is 0 Å². The van der Waals surface area contributed by atoms with Crippen molar-refractivity contribution in [2.24, 2.45) is 0 Å². The van der Waals surface area contributed by atoms with Crippen molar-refractivity contribution in [2.75, 3.05) is 33.3 Å². The summed E-state index contributed by atoms with van der Waals surface area (Å²) in [5.41, 5.74) is 2.23. The molecule has 2 amide bonds. The molecule has 29 heavy (non-hydrogen) atoms. The van der Waals surface area contributed by atoms with Crippen LogP contribution >= 0.6 is 0 Å². The molecule has 1 saturated heterocycles. The topological polar surface area (TPSA) is 63.1 Å². The first-order chi connectivity index (χ1) is 14.0. The van der Waals surface area contributed by atoms with Gasteiger partial charge in [-0.3, -0.25) is 9.59 Å². The van der Waals surface area contributed by atoms with Gasteiger partial charge in [-0.15, -0.1) is 0 Å². The molecule has 3 rings (SSSR count). The van der Waals surface area contributed by atoms with Crippen molar-refractivity contribution >= 4 is 11.8 Å². The van der Waals surface area contributed by atoms with Gasteiger partial charge in [0.05, 0.1) is 45.8 Å². The Morgan fingerprint density at radius 2 is 1.72 bits per heavy atom. The SMILES string of the molecule is COc1ccc(C[NH+]2CCN(C(=O)C[C@H](NC(C)=O)c3ccccc3)CC2)cc1. The Kier molecular flexibility index (Phi) is 7.25. The normalized spacial score (nSPS) is 15.6. The van der Waals surface area contributed by atoms with Crippen LogP contribution in [0.2, 0.25) is 0 Å². The molecule has 154 valence electrons. The molecule has 2 aromatic rings. The molecule has 0 saturated carbocycles. The Hall–Kier alpha value is -2.86. The maximum absolute atomic E-state index is 12.9. The summed E-state index contributed by atoms with van der Waals surface area (Å²) < 4.78 is 5.21. The van der Waals surface area contributed by atoms with E-state index in [1.807, 2.05) is 47.4 Å². The van der Waals surface area contributed by atoms with E-state index in [1.54, 1.807) is 7.11 Å². The van der Waals surface area contributed by atoms with Gasteiger partial charge in [0.25, 0.3) is 0 Å². The van der Waals surface area contributed by atoms with E-state index in [-0.39, 0.29) is 24.3 Å². The van der Waals surface area contributed by atoms with Gasteiger partial charge >= 0.3 is 0 Å². The minimum absolute atomic E-state index is 0.0936. The first-order valence-corrected chi connectivity index (χ1v) is 10.1. The van der Waals surface area contributed by atoms with Crippen LogP contribution in [-0.2, 0) is 16.1 Å². The van der Waals surface area contributed by atoms with E-state index in [9.17, 15) is 9.59 Å². The van der Waals surface area contributed by atoms with Crippen LogP contribution in [0.25, 0.3) is 0 Å². The number of carbonyl (C=O) groups excluding carboxylic acids is 2. The number of hydrogen-bond acceptors (Lipinski definition) is 3. The van der Waals surface area contributed by atoms with E-state index in [2.05, 4.69) is 17.4 Å². The second-order valence-corrected chi connectivity index (χ2v) is 7.52. The lowest BCUT2D eigenvalue weighted by atomic mass is 10.0. The summed E-state index contributed by atoms with van der Waals surface area (Å²) in [5, 5.41) is 2.92. The third-order valence-corrected chi connectivity index (χ3v) is 5.39. The summed E-state index contributed by atoms with van der Waals surface area (Å²) >= 11 is 0. The van der Waals surface area contributed by atoms with Gasteiger partial charge in [0.15, 0.2) is 0 Å². The minimum Gasteiger partial charge on any atom is -0.497 e. The molecule has 0 unspecified atom stereocenters. The average molecular weight is 397 g/mol. The fourth-order valence-corrected chi connectivity index (χ4v) is 3.77. The van der Waals surface area contributed by atoms with E-state index in [0.717, 1.165) is 44.0 Å². The third kappa shape index (κ3) is 6.06. The second-order valence-electron chi connectivity index (χ2n) is 7.52. The van der Waals surface area contributed by atoms with Gasteiger partial charge in [-0.05, 0) is 29.8 Å². The van der Waals surface area contributed by atoms with Gasteiger partial charge in [0.1, 0.15) is 12.3 Å². The number of ether oxygens (including phenoxy) is 1. The van der Waals surface area contributed by atoms with Gasteiger partial charge in [0.2, 0.25) is 11.8 Å². The van der Waals surface area contributed by atoms with Crippen LogP contribution in [0.5, 0.6) is 5.75 Å². The number of benzene rings is 2. The van der Waals surface area contributed by atoms with Crippen molar-refractivity contribution in [1.29, 1.82) is 0 Å². The summed E-state index contributed by atoms with van der Waals surface area (Å²) in [4.78, 5) is 27.8. The van der Waals surface area contributed by atoms with Crippen molar-refractivity contribution < 1.29 is 19.2 Å². The molecule has 2 N–H and O–H groups in total. The molecule has 1 aliphatic heterocycles.